The Bertz CT molecular complexity index is 468. The van der Waals surface area contributed by atoms with E-state index >= 15 is 0 Å². The fourth-order valence-corrected chi connectivity index (χ4v) is 1.38. The lowest BCUT2D eigenvalue weighted by Crippen LogP contribution is -1.96. The molecule has 4 nitrogen and oxygen atoms in total. The Labute approximate surface area is 94.1 Å². The van der Waals surface area contributed by atoms with Crippen molar-refractivity contribution < 1.29 is 4.74 Å². The van der Waals surface area contributed by atoms with E-state index in [1.807, 2.05) is 24.3 Å². The Morgan fingerprint density at radius 2 is 1.94 bits per heavy atom. The highest BCUT2D eigenvalue weighted by Crippen LogP contribution is 2.17. The van der Waals surface area contributed by atoms with Crippen LogP contribution in [0.25, 0.3) is 11.4 Å². The van der Waals surface area contributed by atoms with Gasteiger partial charge in [-0.3, -0.25) is 0 Å². The van der Waals surface area contributed by atoms with Gasteiger partial charge < -0.3 is 10.5 Å². The summed E-state index contributed by atoms with van der Waals surface area (Å²) in [5.41, 5.74) is 7.58. The van der Waals surface area contributed by atoms with Crippen LogP contribution >= 0.6 is 0 Å². The summed E-state index contributed by atoms with van der Waals surface area (Å²) < 4.78 is 5.05. The zero-order valence-corrected chi connectivity index (χ0v) is 9.05. The third-order valence-electron chi connectivity index (χ3n) is 2.29. The van der Waals surface area contributed by atoms with Gasteiger partial charge >= 0.3 is 0 Å². The average Bonchev–Trinajstić information content (AvgIpc) is 2.39. The molecule has 0 atom stereocenters. The first kappa shape index (κ1) is 10.6. The van der Waals surface area contributed by atoms with Gasteiger partial charge in [0.1, 0.15) is 0 Å². The van der Waals surface area contributed by atoms with Gasteiger partial charge in [-0.2, -0.15) is 4.98 Å². The topological polar surface area (TPSA) is 61.0 Å². The van der Waals surface area contributed by atoms with Gasteiger partial charge in [0.05, 0.1) is 7.11 Å². The molecule has 0 aliphatic carbocycles. The van der Waals surface area contributed by atoms with Gasteiger partial charge in [0.15, 0.2) is 5.82 Å². The summed E-state index contributed by atoms with van der Waals surface area (Å²) in [6.07, 6.45) is 1.68. The van der Waals surface area contributed by atoms with Crippen molar-refractivity contribution in [3.8, 4) is 17.3 Å². The second-order valence-corrected chi connectivity index (χ2v) is 3.32. The van der Waals surface area contributed by atoms with Crippen LogP contribution in [0.5, 0.6) is 5.88 Å². The zero-order chi connectivity index (χ0) is 11.4. The predicted octanol–water partition coefficient (Wildman–Crippen LogP) is 1.61. The lowest BCUT2D eigenvalue weighted by Gasteiger charge is -2.03. The van der Waals surface area contributed by atoms with Gasteiger partial charge in [-0.25, -0.2) is 4.98 Å². The van der Waals surface area contributed by atoms with Crippen LogP contribution in [0, 0.1) is 0 Å². The van der Waals surface area contributed by atoms with E-state index in [9.17, 15) is 0 Å². The van der Waals surface area contributed by atoms with E-state index < -0.39 is 0 Å². The predicted molar refractivity (Wildman–Crippen MR) is 61.9 cm³/mol. The van der Waals surface area contributed by atoms with Crippen LogP contribution in [-0.2, 0) is 6.54 Å². The quantitative estimate of drug-likeness (QED) is 0.845. The number of ether oxygens (including phenoxy) is 1. The molecule has 1 heterocycles. The molecule has 4 heteroatoms. The highest BCUT2D eigenvalue weighted by atomic mass is 16.5. The van der Waals surface area contributed by atoms with Gasteiger partial charge in [0.25, 0.3) is 0 Å². The van der Waals surface area contributed by atoms with Crippen molar-refractivity contribution in [1.29, 1.82) is 0 Å². The maximum absolute atomic E-state index is 5.53. The van der Waals surface area contributed by atoms with Crippen LogP contribution in [0.4, 0.5) is 0 Å². The van der Waals surface area contributed by atoms with Crippen molar-refractivity contribution in [2.75, 3.05) is 7.11 Å². The minimum atomic E-state index is 0.541. The van der Waals surface area contributed by atoms with Crippen molar-refractivity contribution in [3.05, 3.63) is 42.1 Å². The van der Waals surface area contributed by atoms with Crippen LogP contribution < -0.4 is 10.5 Å². The molecule has 1 aromatic heterocycles. The Balaban J connectivity index is 2.34. The smallest absolute Gasteiger partial charge is 0.216 e. The Kier molecular flexibility index (Phi) is 3.12. The minimum absolute atomic E-state index is 0.541. The van der Waals surface area contributed by atoms with Crippen molar-refractivity contribution >= 4 is 0 Å². The Hall–Kier alpha value is -1.94. The second-order valence-electron chi connectivity index (χ2n) is 3.32. The Morgan fingerprint density at radius 3 is 2.56 bits per heavy atom. The molecule has 0 saturated carbocycles. The molecular formula is C12H13N3O. The first-order chi connectivity index (χ1) is 7.83. The summed E-state index contributed by atoms with van der Waals surface area (Å²) in [4.78, 5) is 8.44. The average molecular weight is 215 g/mol. The molecule has 2 rings (SSSR count). The lowest BCUT2D eigenvalue weighted by atomic mass is 10.1. The lowest BCUT2D eigenvalue weighted by molar-refractivity contribution is 0.397. The summed E-state index contributed by atoms with van der Waals surface area (Å²) in [5, 5.41) is 0. The molecule has 16 heavy (non-hydrogen) atoms. The van der Waals surface area contributed by atoms with Crippen molar-refractivity contribution in [2.45, 2.75) is 6.54 Å². The van der Waals surface area contributed by atoms with E-state index in [1.165, 1.54) is 0 Å². The molecule has 0 aliphatic rings. The summed E-state index contributed by atoms with van der Waals surface area (Å²) in [6, 6.07) is 9.57. The van der Waals surface area contributed by atoms with Gasteiger partial charge in [-0.1, -0.05) is 24.3 Å². The molecule has 2 N–H and O–H groups in total. The summed E-state index contributed by atoms with van der Waals surface area (Å²) >= 11 is 0. The molecule has 82 valence electrons. The van der Waals surface area contributed by atoms with E-state index in [-0.39, 0.29) is 0 Å². The van der Waals surface area contributed by atoms with Crippen LogP contribution in [0.3, 0.4) is 0 Å². The van der Waals surface area contributed by atoms with E-state index in [0.29, 0.717) is 18.2 Å². The highest BCUT2D eigenvalue weighted by Gasteiger charge is 2.02. The van der Waals surface area contributed by atoms with Crippen molar-refractivity contribution in [2.24, 2.45) is 5.73 Å². The third kappa shape index (κ3) is 2.17. The monoisotopic (exact) mass is 215 g/mol. The zero-order valence-electron chi connectivity index (χ0n) is 9.05. The normalized spacial score (nSPS) is 10.1. The first-order valence-electron chi connectivity index (χ1n) is 5.00. The maximum atomic E-state index is 5.53. The number of aromatic nitrogens is 2. The Morgan fingerprint density at radius 1 is 1.19 bits per heavy atom. The molecule has 0 spiro atoms. The van der Waals surface area contributed by atoms with Gasteiger partial charge in [-0.05, 0) is 5.56 Å². The van der Waals surface area contributed by atoms with Crippen LogP contribution in [0.1, 0.15) is 5.56 Å². The molecule has 0 saturated heterocycles. The summed E-state index contributed by atoms with van der Waals surface area (Å²) in [7, 11) is 1.59. The molecule has 0 unspecified atom stereocenters. The molecule has 1 aromatic carbocycles. The van der Waals surface area contributed by atoms with Gasteiger partial charge in [-0.15, -0.1) is 0 Å². The number of hydrogen-bond donors (Lipinski definition) is 1. The molecular weight excluding hydrogens is 202 g/mol. The number of methoxy groups -OCH3 is 1. The van der Waals surface area contributed by atoms with E-state index in [1.54, 1.807) is 19.4 Å². The fourth-order valence-electron chi connectivity index (χ4n) is 1.38. The minimum Gasteiger partial charge on any atom is -0.481 e. The molecule has 2 aromatic rings. The van der Waals surface area contributed by atoms with Crippen LogP contribution in [-0.4, -0.2) is 17.1 Å². The van der Waals surface area contributed by atoms with Crippen molar-refractivity contribution in [1.82, 2.24) is 9.97 Å². The molecule has 0 radical (unpaired) electrons. The number of hydrogen-bond acceptors (Lipinski definition) is 4. The summed E-state index contributed by atoms with van der Waals surface area (Å²) in [5.74, 6) is 1.22. The number of rotatable bonds is 3. The number of nitrogens with two attached hydrogens (primary N) is 1. The number of benzene rings is 1. The van der Waals surface area contributed by atoms with E-state index in [4.69, 9.17) is 10.5 Å². The maximum Gasteiger partial charge on any atom is 0.216 e. The van der Waals surface area contributed by atoms with Crippen LogP contribution in [0.15, 0.2) is 36.5 Å². The molecule has 0 aliphatic heterocycles. The van der Waals surface area contributed by atoms with Gasteiger partial charge in [0, 0.05) is 24.4 Å². The standard InChI is InChI=1S/C12H13N3O/c1-16-11-6-7-14-12(15-11)10-4-2-9(8-13)3-5-10/h2-7H,8,13H2,1H3. The van der Waals surface area contributed by atoms with E-state index in [2.05, 4.69) is 9.97 Å². The van der Waals surface area contributed by atoms with E-state index in [0.717, 1.165) is 11.1 Å². The van der Waals surface area contributed by atoms with Crippen LogP contribution in [0.2, 0.25) is 0 Å². The third-order valence-corrected chi connectivity index (χ3v) is 2.29. The highest BCUT2D eigenvalue weighted by molar-refractivity contribution is 5.55. The molecule has 0 bridgehead atoms. The van der Waals surface area contributed by atoms with Gasteiger partial charge in [0.2, 0.25) is 5.88 Å². The molecule has 0 amide bonds. The largest absolute Gasteiger partial charge is 0.481 e. The number of nitrogens with zero attached hydrogens (tertiary/aromatic N) is 2. The fraction of sp³-hybridized carbons (Fsp3) is 0.167. The molecule has 0 fully saturated rings. The first-order valence-corrected chi connectivity index (χ1v) is 5.00. The van der Waals surface area contributed by atoms with Crippen molar-refractivity contribution in [3.63, 3.8) is 0 Å². The summed E-state index contributed by atoms with van der Waals surface area (Å²) in [6.45, 7) is 0.541. The second kappa shape index (κ2) is 4.72. The SMILES string of the molecule is COc1ccnc(-c2ccc(CN)cc2)n1.